The molecule has 5 aromatic rings. The number of imidazole rings is 1. The quantitative estimate of drug-likeness (QED) is 0.0785. The Bertz CT molecular complexity index is 2020. The fourth-order valence-corrected chi connectivity index (χ4v) is 6.69. The van der Waals surface area contributed by atoms with E-state index in [1.165, 1.54) is 47.1 Å². The molecule has 0 aliphatic carbocycles. The lowest BCUT2D eigenvalue weighted by atomic mass is 10.0. The molecule has 0 aliphatic heterocycles. The lowest BCUT2D eigenvalue weighted by Crippen LogP contribution is -2.24. The molecule has 0 saturated carbocycles. The summed E-state index contributed by atoms with van der Waals surface area (Å²) in [6.07, 6.45) is 0. The van der Waals surface area contributed by atoms with Crippen molar-refractivity contribution in [3.63, 3.8) is 0 Å². The molecule has 0 aliphatic rings. The molecule has 4 aromatic carbocycles. The maximum absolute atomic E-state index is 13.8. The number of ether oxygens (including phenoxy) is 2. The summed E-state index contributed by atoms with van der Waals surface area (Å²) in [6, 6.07) is 22.7. The van der Waals surface area contributed by atoms with E-state index in [1.54, 1.807) is 79.1 Å². The number of phenols is 1. The second-order valence-electron chi connectivity index (χ2n) is 10.6. The second-order valence-corrected chi connectivity index (χ2v) is 12.8. The molecule has 0 saturated heterocycles. The molecule has 2 atom stereocenters. The molecule has 16 heteroatoms. The summed E-state index contributed by atoms with van der Waals surface area (Å²) in [7, 11) is 2.81. The number of phenolic OH excluding ortho intramolecular Hbond substituents is 1. The largest absolute Gasteiger partial charge is 0.502 e. The summed E-state index contributed by atoms with van der Waals surface area (Å²) in [5.74, 6) is -0.0688. The van der Waals surface area contributed by atoms with E-state index < -0.39 is 28.4 Å². The first kappa shape index (κ1) is 36.4. The Balaban J connectivity index is 1.81. The minimum atomic E-state index is -2.24. The van der Waals surface area contributed by atoms with Crippen molar-refractivity contribution in [2.45, 2.75) is 13.8 Å². The topological polar surface area (TPSA) is 150 Å². The number of rotatable bonds is 12. The molecule has 1 heterocycles. The van der Waals surface area contributed by atoms with Crippen LogP contribution in [0, 0.1) is 5.82 Å². The molecule has 12 nitrogen and oxygen atoms in total. The lowest BCUT2D eigenvalue weighted by Gasteiger charge is -2.19. The van der Waals surface area contributed by atoms with E-state index in [1.807, 2.05) is 0 Å². The highest BCUT2D eigenvalue weighted by atomic mass is 32.2. The number of halogens is 1. The third kappa shape index (κ3) is 7.49. The zero-order chi connectivity index (χ0) is 36.1. The van der Waals surface area contributed by atoms with Gasteiger partial charge < -0.3 is 19.9 Å². The molecule has 5 rings (SSSR count). The van der Waals surface area contributed by atoms with E-state index in [0.717, 1.165) is 0 Å². The summed E-state index contributed by atoms with van der Waals surface area (Å²) in [5, 5.41) is 14.0. The summed E-state index contributed by atoms with van der Waals surface area (Å²) in [6.45, 7) is 4.10. The van der Waals surface area contributed by atoms with E-state index in [4.69, 9.17) is 26.7 Å². The van der Waals surface area contributed by atoms with Crippen LogP contribution < -0.4 is 23.4 Å². The Labute approximate surface area is 298 Å². The molecule has 0 fully saturated rings. The Morgan fingerprint density at radius 2 is 1.30 bits per heavy atom. The van der Waals surface area contributed by atoms with Gasteiger partial charge in [0.2, 0.25) is 5.75 Å². The standard InChI is InChI=1S/C34H34FN5O7S3/c1-5-38(49(42)43)26-15-7-21(8-16-26)30-31(22-9-17-27(18-10-22)39(6-2)50(44)45)40(34(48)36-25-13-11-24(35)12-14-25)33(37-30)23-19-28(46-3)32(41)29(20-23)47-4/h7-20,41H,5-6H2,1-4H3,(H,36,48)(H,42,43)(H,44,45). The van der Waals surface area contributed by atoms with Gasteiger partial charge >= 0.3 is 0 Å². The van der Waals surface area contributed by atoms with Crippen molar-refractivity contribution in [2.24, 2.45) is 0 Å². The van der Waals surface area contributed by atoms with E-state index in [9.17, 15) is 27.0 Å². The van der Waals surface area contributed by atoms with Crippen molar-refractivity contribution in [2.75, 3.05) is 41.2 Å². The van der Waals surface area contributed by atoms with Crippen LogP contribution in [0.5, 0.6) is 17.2 Å². The van der Waals surface area contributed by atoms with Gasteiger partial charge in [0, 0.05) is 35.5 Å². The summed E-state index contributed by atoms with van der Waals surface area (Å²) in [5.41, 5.74) is 4.20. The van der Waals surface area contributed by atoms with E-state index in [0.29, 0.717) is 57.5 Å². The Morgan fingerprint density at radius 3 is 1.74 bits per heavy atom. The number of methoxy groups -OCH3 is 2. The van der Waals surface area contributed by atoms with E-state index >= 15 is 0 Å². The molecule has 0 spiro atoms. The first-order valence-corrected chi connectivity index (χ1v) is 17.7. The highest BCUT2D eigenvalue weighted by Crippen LogP contribution is 2.43. The van der Waals surface area contributed by atoms with Crippen LogP contribution in [0.3, 0.4) is 0 Å². The van der Waals surface area contributed by atoms with Gasteiger partial charge in [0.05, 0.1) is 37.0 Å². The van der Waals surface area contributed by atoms with Gasteiger partial charge in [-0.25, -0.2) is 17.8 Å². The molecular weight excluding hydrogens is 706 g/mol. The van der Waals surface area contributed by atoms with Crippen molar-refractivity contribution in [3.05, 3.63) is 90.7 Å². The second kappa shape index (κ2) is 15.8. The molecule has 50 heavy (non-hydrogen) atoms. The number of hydrogen-bond donors (Lipinski definition) is 4. The van der Waals surface area contributed by atoms with Gasteiger partial charge in [-0.3, -0.25) is 22.3 Å². The summed E-state index contributed by atoms with van der Waals surface area (Å²) in [4.78, 5) is 5.08. The Morgan fingerprint density at radius 1 is 0.820 bits per heavy atom. The first-order chi connectivity index (χ1) is 24.0. The number of anilines is 3. The maximum Gasteiger partial charge on any atom is 0.261 e. The lowest BCUT2D eigenvalue weighted by molar-refractivity contribution is 0.340. The number of aromatic hydroxyl groups is 1. The minimum absolute atomic E-state index is 0.122. The zero-order valence-electron chi connectivity index (χ0n) is 27.4. The average molecular weight is 740 g/mol. The molecule has 0 amide bonds. The van der Waals surface area contributed by atoms with Crippen molar-refractivity contribution >= 4 is 56.9 Å². The molecular formula is C34H34FN5O7S3. The Hall–Kier alpha value is -4.87. The molecule has 4 N–H and O–H groups in total. The monoisotopic (exact) mass is 739 g/mol. The third-order valence-electron chi connectivity index (χ3n) is 7.72. The van der Waals surface area contributed by atoms with Crippen LogP contribution in [0.25, 0.3) is 33.9 Å². The predicted molar refractivity (Wildman–Crippen MR) is 199 cm³/mol. The molecule has 262 valence electrons. The van der Waals surface area contributed by atoms with Crippen LogP contribution >= 0.6 is 12.2 Å². The fourth-order valence-electron chi connectivity index (χ4n) is 5.35. The van der Waals surface area contributed by atoms with Gasteiger partial charge in [-0.05, 0) is 86.7 Å². The number of nitrogens with zero attached hydrogens (tertiary/aromatic N) is 4. The van der Waals surface area contributed by atoms with Crippen molar-refractivity contribution in [1.29, 1.82) is 0 Å². The zero-order valence-corrected chi connectivity index (χ0v) is 29.8. The smallest absolute Gasteiger partial charge is 0.261 e. The van der Waals surface area contributed by atoms with Crippen molar-refractivity contribution in [1.82, 2.24) is 9.55 Å². The number of thiocarbonyl (C=S) groups is 1. The first-order valence-electron chi connectivity index (χ1n) is 15.1. The summed E-state index contributed by atoms with van der Waals surface area (Å²) >= 11 is 1.52. The van der Waals surface area contributed by atoms with Gasteiger partial charge in [-0.15, -0.1) is 0 Å². The van der Waals surface area contributed by atoms with Crippen LogP contribution in [0.4, 0.5) is 21.5 Å². The maximum atomic E-state index is 13.8. The van der Waals surface area contributed by atoms with Gasteiger partial charge in [-0.1, -0.05) is 24.3 Å². The number of nitrogens with one attached hydrogen (secondary N) is 1. The normalized spacial score (nSPS) is 12.2. The van der Waals surface area contributed by atoms with Gasteiger partial charge in [0.1, 0.15) is 11.6 Å². The highest BCUT2D eigenvalue weighted by molar-refractivity contribution is 7.81. The van der Waals surface area contributed by atoms with Crippen LogP contribution in [0.15, 0.2) is 84.9 Å². The van der Waals surface area contributed by atoms with Gasteiger partial charge in [0.15, 0.2) is 16.6 Å². The van der Waals surface area contributed by atoms with Gasteiger partial charge in [0.25, 0.3) is 22.5 Å². The average Bonchev–Trinajstić information content (AvgIpc) is 3.51. The fraction of sp³-hybridized carbons (Fsp3) is 0.176. The predicted octanol–water partition coefficient (Wildman–Crippen LogP) is 6.92. The van der Waals surface area contributed by atoms with Crippen molar-refractivity contribution in [3.8, 4) is 51.2 Å². The number of benzene rings is 4. The Kier molecular flexibility index (Phi) is 11.5. The minimum Gasteiger partial charge on any atom is -0.502 e. The van der Waals surface area contributed by atoms with Crippen LogP contribution in [-0.2, 0) is 22.5 Å². The van der Waals surface area contributed by atoms with Crippen LogP contribution in [0.2, 0.25) is 0 Å². The van der Waals surface area contributed by atoms with Crippen LogP contribution in [0.1, 0.15) is 13.8 Å². The number of aromatic nitrogens is 2. The highest BCUT2D eigenvalue weighted by Gasteiger charge is 2.26. The van der Waals surface area contributed by atoms with Crippen LogP contribution in [-0.4, -0.2) is 64.6 Å². The third-order valence-corrected chi connectivity index (χ3v) is 9.70. The van der Waals surface area contributed by atoms with Gasteiger partial charge in [-0.2, -0.15) is 0 Å². The molecule has 1 aromatic heterocycles. The molecule has 0 bridgehead atoms. The number of hydrogen-bond acceptors (Lipinski definition) is 7. The van der Waals surface area contributed by atoms with E-state index in [2.05, 4.69) is 5.32 Å². The molecule has 2 unspecified atom stereocenters. The molecule has 0 radical (unpaired) electrons. The van der Waals surface area contributed by atoms with Crippen molar-refractivity contribution < 1.29 is 36.5 Å². The summed E-state index contributed by atoms with van der Waals surface area (Å²) < 4.78 is 72.5. The SMILES string of the molecule is CCN(c1ccc(-c2nc(-c3cc(OC)c(O)c(OC)c3)n(C(=S)Nc3ccc(F)cc3)c2-c2ccc(N(CC)S(=O)O)cc2)cc1)S(=O)O. The van der Waals surface area contributed by atoms with E-state index in [-0.39, 0.29) is 28.9 Å².